The van der Waals surface area contributed by atoms with Crippen LogP contribution in [0.1, 0.15) is 0 Å². The Labute approximate surface area is 200 Å². The van der Waals surface area contributed by atoms with Crippen molar-refractivity contribution >= 4 is 45.4 Å². The fraction of sp³-hybridized carbons (Fsp3) is 0. The number of nitrogens with one attached hydrogen (secondary N) is 1. The molecule has 0 bridgehead atoms. The second-order valence-corrected chi connectivity index (χ2v) is 8.13. The van der Waals surface area contributed by atoms with Crippen molar-refractivity contribution in [1.29, 1.82) is 0 Å². The van der Waals surface area contributed by atoms with Gasteiger partial charge in [-0.25, -0.2) is 4.98 Å². The van der Waals surface area contributed by atoms with Gasteiger partial charge in [0.25, 0.3) is 5.69 Å². The maximum Gasteiger partial charge on any atom is 0.269 e. The zero-order valence-electron chi connectivity index (χ0n) is 17.8. The number of pyridine rings is 2. The minimum Gasteiger partial charge on any atom is -0.384 e. The molecule has 0 fully saturated rings. The summed E-state index contributed by atoms with van der Waals surface area (Å²) in [7, 11) is 0. The van der Waals surface area contributed by atoms with Gasteiger partial charge >= 0.3 is 0 Å². The Balaban J connectivity index is 1.42. The third-order valence-electron chi connectivity index (χ3n) is 5.42. The van der Waals surface area contributed by atoms with Gasteiger partial charge in [0.1, 0.15) is 5.82 Å². The number of nitrogen functional groups attached to an aromatic ring is 1. The van der Waals surface area contributed by atoms with E-state index in [9.17, 15) is 10.1 Å². The molecule has 7 nitrogen and oxygen atoms in total. The molecular formula is C26H18ClN5O2. The van der Waals surface area contributed by atoms with Crippen molar-refractivity contribution in [2.24, 2.45) is 0 Å². The Morgan fingerprint density at radius 3 is 2.32 bits per heavy atom. The van der Waals surface area contributed by atoms with E-state index in [0.717, 1.165) is 39.0 Å². The van der Waals surface area contributed by atoms with E-state index in [-0.39, 0.29) is 5.69 Å². The molecule has 0 amide bonds. The van der Waals surface area contributed by atoms with Gasteiger partial charge in [-0.15, -0.1) is 0 Å². The second kappa shape index (κ2) is 8.80. The van der Waals surface area contributed by atoms with Gasteiger partial charge in [0, 0.05) is 45.7 Å². The average Bonchev–Trinajstić information content (AvgIpc) is 2.84. The van der Waals surface area contributed by atoms with Crippen LogP contribution in [0.5, 0.6) is 0 Å². The van der Waals surface area contributed by atoms with E-state index in [1.165, 1.54) is 12.1 Å². The highest BCUT2D eigenvalue weighted by atomic mass is 35.5. The van der Waals surface area contributed by atoms with E-state index >= 15 is 0 Å². The molecule has 2 aromatic heterocycles. The molecule has 0 atom stereocenters. The zero-order chi connectivity index (χ0) is 23.7. The highest BCUT2D eigenvalue weighted by Gasteiger charge is 2.09. The molecule has 0 aliphatic rings. The molecular weight excluding hydrogens is 450 g/mol. The number of aromatic nitrogens is 2. The molecule has 0 radical (unpaired) electrons. The van der Waals surface area contributed by atoms with Crippen LogP contribution in [0, 0.1) is 10.1 Å². The van der Waals surface area contributed by atoms with Crippen LogP contribution in [0.25, 0.3) is 33.3 Å². The van der Waals surface area contributed by atoms with E-state index in [1.807, 2.05) is 54.6 Å². The van der Waals surface area contributed by atoms with Crippen molar-refractivity contribution in [2.45, 2.75) is 0 Å². The lowest BCUT2D eigenvalue weighted by atomic mass is 10.0. The van der Waals surface area contributed by atoms with Crippen molar-refractivity contribution in [3.05, 3.63) is 106 Å². The van der Waals surface area contributed by atoms with Crippen molar-refractivity contribution in [3.8, 4) is 22.4 Å². The first-order valence-electron chi connectivity index (χ1n) is 10.4. The quantitative estimate of drug-likeness (QED) is 0.216. The Bertz CT molecular complexity index is 1520. The molecule has 166 valence electrons. The molecule has 8 heteroatoms. The Morgan fingerprint density at radius 1 is 0.853 bits per heavy atom. The number of halogens is 1. The number of rotatable bonds is 5. The summed E-state index contributed by atoms with van der Waals surface area (Å²) in [6.45, 7) is 0. The number of anilines is 3. The van der Waals surface area contributed by atoms with Gasteiger partial charge in [-0.2, -0.15) is 0 Å². The summed E-state index contributed by atoms with van der Waals surface area (Å²) in [6.07, 6.45) is 1.74. The van der Waals surface area contributed by atoms with E-state index in [2.05, 4.69) is 15.3 Å². The summed E-state index contributed by atoms with van der Waals surface area (Å²) in [6, 6.07) is 25.4. The first-order chi connectivity index (χ1) is 16.5. The van der Waals surface area contributed by atoms with Gasteiger partial charge in [-0.3, -0.25) is 15.1 Å². The smallest absolute Gasteiger partial charge is 0.269 e. The first-order valence-corrected chi connectivity index (χ1v) is 10.8. The Morgan fingerprint density at radius 2 is 1.59 bits per heavy atom. The van der Waals surface area contributed by atoms with Gasteiger partial charge in [0.2, 0.25) is 0 Å². The Hall–Kier alpha value is -4.49. The van der Waals surface area contributed by atoms with E-state index in [1.54, 1.807) is 24.4 Å². The fourth-order valence-corrected chi connectivity index (χ4v) is 3.92. The van der Waals surface area contributed by atoms with Gasteiger partial charge in [0.15, 0.2) is 0 Å². The number of fused-ring (bicyclic) bond motifs is 1. The highest BCUT2D eigenvalue weighted by Crippen LogP contribution is 2.31. The molecule has 0 aliphatic heterocycles. The summed E-state index contributed by atoms with van der Waals surface area (Å²) in [4.78, 5) is 19.3. The van der Waals surface area contributed by atoms with Crippen LogP contribution >= 0.6 is 11.6 Å². The van der Waals surface area contributed by atoms with Crippen molar-refractivity contribution in [2.75, 3.05) is 11.1 Å². The minimum absolute atomic E-state index is 0.0409. The third-order valence-corrected chi connectivity index (χ3v) is 5.66. The van der Waals surface area contributed by atoms with Crippen LogP contribution in [-0.4, -0.2) is 14.9 Å². The maximum absolute atomic E-state index is 10.9. The molecule has 5 rings (SSSR count). The van der Waals surface area contributed by atoms with Crippen LogP contribution in [-0.2, 0) is 0 Å². The van der Waals surface area contributed by atoms with Crippen LogP contribution in [0.2, 0.25) is 5.02 Å². The molecule has 0 unspecified atom stereocenters. The molecule has 2 heterocycles. The number of benzene rings is 3. The lowest BCUT2D eigenvalue weighted by Gasteiger charge is -2.11. The average molecular weight is 468 g/mol. The Kier molecular flexibility index (Phi) is 5.53. The summed E-state index contributed by atoms with van der Waals surface area (Å²) in [5, 5.41) is 16.0. The van der Waals surface area contributed by atoms with Crippen LogP contribution < -0.4 is 11.1 Å². The number of nitro groups is 1. The maximum atomic E-state index is 10.9. The number of non-ortho nitro benzene ring substituents is 1. The lowest BCUT2D eigenvalue weighted by molar-refractivity contribution is -0.384. The molecule has 3 aromatic carbocycles. The normalized spacial score (nSPS) is 10.9. The summed E-state index contributed by atoms with van der Waals surface area (Å²) < 4.78 is 0. The monoisotopic (exact) mass is 467 g/mol. The van der Waals surface area contributed by atoms with Crippen LogP contribution in [0.4, 0.5) is 22.9 Å². The molecule has 0 spiro atoms. The second-order valence-electron chi connectivity index (χ2n) is 7.69. The largest absolute Gasteiger partial charge is 0.384 e. The molecule has 5 aromatic rings. The standard InChI is InChI=1S/C26H18ClN5O2/c27-19-5-10-22-23(11-12-29-25(22)15-19)30-20-6-1-17(2-7-20)24-13-18(14-26(28)31-24)16-3-8-21(9-4-16)32(33)34/h1-15H,(H2,28,31)(H,29,30). The fourth-order valence-electron chi connectivity index (χ4n) is 3.75. The summed E-state index contributed by atoms with van der Waals surface area (Å²) >= 11 is 6.09. The summed E-state index contributed by atoms with van der Waals surface area (Å²) in [5.41, 5.74) is 12.0. The molecule has 0 saturated carbocycles. The predicted molar refractivity (Wildman–Crippen MR) is 136 cm³/mol. The minimum atomic E-state index is -0.421. The molecule has 0 aliphatic carbocycles. The molecule has 3 N–H and O–H groups in total. The predicted octanol–water partition coefficient (Wildman–Crippen LogP) is 6.85. The van der Waals surface area contributed by atoms with E-state index in [4.69, 9.17) is 17.3 Å². The number of nitro benzene ring substituents is 1. The van der Waals surface area contributed by atoms with Crippen molar-refractivity contribution in [1.82, 2.24) is 9.97 Å². The topological polar surface area (TPSA) is 107 Å². The van der Waals surface area contributed by atoms with Crippen LogP contribution in [0.15, 0.2) is 91.1 Å². The van der Waals surface area contributed by atoms with Crippen molar-refractivity contribution in [3.63, 3.8) is 0 Å². The number of nitrogens with two attached hydrogens (primary N) is 1. The number of hydrogen-bond donors (Lipinski definition) is 2. The molecule has 34 heavy (non-hydrogen) atoms. The van der Waals surface area contributed by atoms with Gasteiger partial charge < -0.3 is 11.1 Å². The number of hydrogen-bond acceptors (Lipinski definition) is 6. The first kappa shape index (κ1) is 21.4. The SMILES string of the molecule is Nc1cc(-c2ccc([N+](=O)[O-])cc2)cc(-c2ccc(Nc3ccnc4cc(Cl)ccc34)cc2)n1. The van der Waals surface area contributed by atoms with E-state index in [0.29, 0.717) is 16.5 Å². The molecule has 0 saturated heterocycles. The summed E-state index contributed by atoms with van der Waals surface area (Å²) in [5.74, 6) is 0.370. The third kappa shape index (κ3) is 4.37. The van der Waals surface area contributed by atoms with E-state index < -0.39 is 4.92 Å². The van der Waals surface area contributed by atoms with Gasteiger partial charge in [0.05, 0.1) is 16.1 Å². The highest BCUT2D eigenvalue weighted by molar-refractivity contribution is 6.31. The number of nitrogens with zero attached hydrogens (tertiary/aromatic N) is 3. The zero-order valence-corrected chi connectivity index (χ0v) is 18.5. The van der Waals surface area contributed by atoms with Crippen molar-refractivity contribution < 1.29 is 4.92 Å². The lowest BCUT2D eigenvalue weighted by Crippen LogP contribution is -1.95. The van der Waals surface area contributed by atoms with Gasteiger partial charge in [-0.05, 0) is 71.8 Å². The van der Waals surface area contributed by atoms with Gasteiger partial charge in [-0.1, -0.05) is 23.7 Å². The van der Waals surface area contributed by atoms with Crippen LogP contribution in [0.3, 0.4) is 0 Å².